The predicted octanol–water partition coefficient (Wildman–Crippen LogP) is 1.95. The number of carbonyl (C=O) groups is 4. The maximum atomic E-state index is 13.0. The van der Waals surface area contributed by atoms with Crippen LogP contribution in [0, 0.1) is 5.92 Å². The van der Waals surface area contributed by atoms with Crippen LogP contribution in [0.3, 0.4) is 0 Å². The minimum Gasteiger partial charge on any atom is -0.338 e. The number of rotatable bonds is 5. The van der Waals surface area contributed by atoms with Gasteiger partial charge in [-0.2, -0.15) is 13.2 Å². The van der Waals surface area contributed by atoms with Gasteiger partial charge in [0.1, 0.15) is 12.1 Å². The summed E-state index contributed by atoms with van der Waals surface area (Å²) >= 11 is 0. The van der Waals surface area contributed by atoms with E-state index in [0.29, 0.717) is 11.4 Å². The van der Waals surface area contributed by atoms with E-state index < -0.39 is 47.7 Å². The molecule has 0 spiro atoms. The van der Waals surface area contributed by atoms with Gasteiger partial charge in [-0.15, -0.1) is 0 Å². The molecular weight excluding hydrogens is 393 g/mol. The summed E-state index contributed by atoms with van der Waals surface area (Å²) in [5, 5.41) is 6.74. The number of alkyl halides is 3. The summed E-state index contributed by atoms with van der Waals surface area (Å²) in [5.74, 6) is -1.67. The molecule has 8 nitrogen and oxygen atoms in total. The number of carbonyl (C=O) groups excluding carboxylic acids is 4. The highest BCUT2D eigenvalue weighted by Crippen LogP contribution is 2.34. The van der Waals surface area contributed by atoms with Crippen molar-refractivity contribution >= 4 is 23.9 Å². The predicted molar refractivity (Wildman–Crippen MR) is 95.4 cm³/mol. The van der Waals surface area contributed by atoms with Gasteiger partial charge < -0.3 is 10.6 Å². The van der Waals surface area contributed by atoms with Crippen LogP contribution in [0.25, 0.3) is 0 Å². The molecule has 0 aliphatic carbocycles. The molecule has 158 valence electrons. The maximum absolute atomic E-state index is 13.0. The van der Waals surface area contributed by atoms with Crippen molar-refractivity contribution in [2.24, 2.45) is 5.92 Å². The van der Waals surface area contributed by atoms with Crippen LogP contribution in [0.1, 0.15) is 31.9 Å². The van der Waals surface area contributed by atoms with Gasteiger partial charge in [-0.05, 0) is 30.5 Å². The highest BCUT2D eigenvalue weighted by molar-refractivity contribution is 6.10. The van der Waals surface area contributed by atoms with E-state index in [-0.39, 0.29) is 11.5 Å². The van der Waals surface area contributed by atoms with Crippen LogP contribution >= 0.6 is 0 Å². The Morgan fingerprint density at radius 2 is 1.90 bits per heavy atom. The Morgan fingerprint density at radius 1 is 1.24 bits per heavy atom. The zero-order valence-corrected chi connectivity index (χ0v) is 16.0. The lowest BCUT2D eigenvalue weighted by Crippen LogP contribution is -2.47. The summed E-state index contributed by atoms with van der Waals surface area (Å²) < 4.78 is 38.9. The molecule has 2 rings (SSSR count). The van der Waals surface area contributed by atoms with E-state index in [1.165, 1.54) is 13.0 Å². The molecule has 0 bridgehead atoms. The van der Waals surface area contributed by atoms with Crippen molar-refractivity contribution in [3.05, 3.63) is 35.4 Å². The lowest BCUT2D eigenvalue weighted by Gasteiger charge is -2.23. The van der Waals surface area contributed by atoms with Crippen molar-refractivity contribution in [3.8, 4) is 0 Å². The molecule has 1 heterocycles. The smallest absolute Gasteiger partial charge is 0.338 e. The molecule has 1 aliphatic rings. The molecule has 1 aliphatic heterocycles. The van der Waals surface area contributed by atoms with E-state index in [1.54, 1.807) is 0 Å². The first-order chi connectivity index (χ1) is 13.3. The Kier molecular flexibility index (Phi) is 6.19. The van der Waals surface area contributed by atoms with E-state index in [0.717, 1.165) is 18.2 Å². The number of urea groups is 2. The molecule has 11 heteroatoms. The number of halogens is 3. The van der Waals surface area contributed by atoms with Gasteiger partial charge in [0.15, 0.2) is 0 Å². The minimum atomic E-state index is -4.62. The molecule has 29 heavy (non-hydrogen) atoms. The third-order valence-electron chi connectivity index (χ3n) is 4.27. The van der Waals surface area contributed by atoms with E-state index in [9.17, 15) is 32.3 Å². The van der Waals surface area contributed by atoms with Crippen molar-refractivity contribution < 1.29 is 32.3 Å². The Morgan fingerprint density at radius 3 is 2.48 bits per heavy atom. The Bertz CT molecular complexity index is 841. The number of hydrogen-bond donors (Lipinski definition) is 3. The largest absolute Gasteiger partial charge is 0.416 e. The van der Waals surface area contributed by atoms with Crippen LogP contribution in [0.2, 0.25) is 0 Å². The lowest BCUT2D eigenvalue weighted by molar-refractivity contribution is -0.138. The van der Waals surface area contributed by atoms with Gasteiger partial charge in [0.05, 0.1) is 5.56 Å². The summed E-state index contributed by atoms with van der Waals surface area (Å²) in [7, 11) is 0. The highest BCUT2D eigenvalue weighted by atomic mass is 19.4. The normalized spacial score (nSPS) is 19.3. The summed E-state index contributed by atoms with van der Waals surface area (Å²) in [4.78, 5) is 49.1. The Balaban J connectivity index is 2.13. The first-order valence-electron chi connectivity index (χ1n) is 8.74. The fourth-order valence-corrected chi connectivity index (χ4v) is 2.69. The monoisotopic (exact) mass is 414 g/mol. The molecule has 6 amide bonds. The van der Waals surface area contributed by atoms with Crippen LogP contribution in [0.4, 0.5) is 22.8 Å². The second-order valence-corrected chi connectivity index (χ2v) is 7.18. The van der Waals surface area contributed by atoms with Gasteiger partial charge in [-0.25, -0.2) is 9.59 Å². The van der Waals surface area contributed by atoms with Crippen molar-refractivity contribution in [2.75, 3.05) is 13.1 Å². The quantitative estimate of drug-likeness (QED) is 0.640. The van der Waals surface area contributed by atoms with Crippen LogP contribution in [0.5, 0.6) is 0 Å². The fourth-order valence-electron chi connectivity index (χ4n) is 2.69. The number of nitrogens with one attached hydrogen (secondary N) is 3. The standard InChI is InChI=1S/C18H21F3N4O4/c1-10(2)8-22-15(28)23-13(26)9-25-14(27)17(3,24-16(25)29)11-5-4-6-12(7-11)18(19,20)21/h4-7,10H,8-9H2,1-3H3,(H,24,29)(H2,22,23,26,28)/t17-/m1/s1. The molecule has 0 unspecified atom stereocenters. The Labute approximate surface area is 164 Å². The molecule has 0 aromatic heterocycles. The number of amides is 6. The summed E-state index contributed by atoms with van der Waals surface area (Å²) in [5.41, 5.74) is -2.84. The molecule has 3 N–H and O–H groups in total. The van der Waals surface area contributed by atoms with Crippen molar-refractivity contribution in [1.29, 1.82) is 0 Å². The van der Waals surface area contributed by atoms with Gasteiger partial charge in [0.2, 0.25) is 5.91 Å². The maximum Gasteiger partial charge on any atom is 0.416 e. The van der Waals surface area contributed by atoms with Crippen molar-refractivity contribution in [3.63, 3.8) is 0 Å². The zero-order chi connectivity index (χ0) is 22.0. The lowest BCUT2D eigenvalue weighted by atomic mass is 9.90. The van der Waals surface area contributed by atoms with Gasteiger partial charge in [0.25, 0.3) is 5.91 Å². The molecule has 1 saturated heterocycles. The molecule has 1 fully saturated rings. The third-order valence-corrected chi connectivity index (χ3v) is 4.27. The molecule has 1 aromatic rings. The fraction of sp³-hybridized carbons (Fsp3) is 0.444. The van der Waals surface area contributed by atoms with Gasteiger partial charge >= 0.3 is 18.2 Å². The van der Waals surface area contributed by atoms with Crippen molar-refractivity contribution in [1.82, 2.24) is 20.9 Å². The van der Waals surface area contributed by atoms with Gasteiger partial charge in [-0.1, -0.05) is 26.0 Å². The second kappa shape index (κ2) is 8.10. The topological polar surface area (TPSA) is 108 Å². The number of benzene rings is 1. The molecule has 0 saturated carbocycles. The van der Waals surface area contributed by atoms with Crippen LogP contribution in [-0.2, 0) is 21.3 Å². The molecular formula is C18H21F3N4O4. The summed E-state index contributed by atoms with van der Waals surface area (Å²) in [6, 6.07) is 2.27. The minimum absolute atomic E-state index is 0.0803. The third kappa shape index (κ3) is 5.04. The van der Waals surface area contributed by atoms with Crippen LogP contribution < -0.4 is 16.0 Å². The van der Waals surface area contributed by atoms with Gasteiger partial charge in [-0.3, -0.25) is 19.8 Å². The number of hydrogen-bond acceptors (Lipinski definition) is 4. The van der Waals surface area contributed by atoms with E-state index in [2.05, 4.69) is 10.6 Å². The summed E-state index contributed by atoms with van der Waals surface area (Å²) in [6.07, 6.45) is -4.62. The van der Waals surface area contributed by atoms with E-state index in [1.807, 2.05) is 19.2 Å². The first kappa shape index (κ1) is 22.2. The number of nitrogens with zero attached hydrogens (tertiary/aromatic N) is 1. The van der Waals surface area contributed by atoms with Crippen LogP contribution in [-0.4, -0.2) is 41.9 Å². The molecule has 0 radical (unpaired) electrons. The second-order valence-electron chi connectivity index (χ2n) is 7.18. The van der Waals surface area contributed by atoms with E-state index in [4.69, 9.17) is 0 Å². The van der Waals surface area contributed by atoms with Gasteiger partial charge in [0, 0.05) is 6.54 Å². The summed E-state index contributed by atoms with van der Waals surface area (Å²) in [6.45, 7) is 4.51. The Hall–Kier alpha value is -3.11. The average molecular weight is 414 g/mol. The zero-order valence-electron chi connectivity index (χ0n) is 16.0. The average Bonchev–Trinajstić information content (AvgIpc) is 2.83. The van der Waals surface area contributed by atoms with E-state index >= 15 is 0 Å². The van der Waals surface area contributed by atoms with Crippen LogP contribution in [0.15, 0.2) is 24.3 Å². The number of imide groups is 2. The highest BCUT2D eigenvalue weighted by Gasteiger charge is 2.50. The first-order valence-corrected chi connectivity index (χ1v) is 8.74. The molecule has 1 atom stereocenters. The molecule has 1 aromatic carbocycles. The SMILES string of the molecule is CC(C)CNC(=O)NC(=O)CN1C(=O)N[C@](C)(c2cccc(C(F)(F)F)c2)C1=O. The van der Waals surface area contributed by atoms with Crippen molar-refractivity contribution in [2.45, 2.75) is 32.5 Å².